The van der Waals surface area contributed by atoms with Crippen LogP contribution in [-0.2, 0) is 9.05 Å². The van der Waals surface area contributed by atoms with Crippen LogP contribution in [0.15, 0.2) is 4.90 Å². The zero-order valence-electron chi connectivity index (χ0n) is 11.7. The maximum Gasteiger partial charge on any atom is 0.275 e. The zero-order valence-corrected chi connectivity index (χ0v) is 13.3. The predicted octanol–water partition coefficient (Wildman–Crippen LogP) is 1.91. The summed E-state index contributed by atoms with van der Waals surface area (Å²) in [5, 5.41) is 6.35. The van der Waals surface area contributed by atoms with Gasteiger partial charge in [0.15, 0.2) is 5.69 Å². The summed E-state index contributed by atoms with van der Waals surface area (Å²) in [6.07, 6.45) is 1.93. The Bertz CT molecular complexity index is 636. The number of aromatic nitrogens is 2. The highest BCUT2D eigenvalue weighted by molar-refractivity contribution is 8.13. The van der Waals surface area contributed by atoms with Crippen LogP contribution in [0.1, 0.15) is 42.9 Å². The van der Waals surface area contributed by atoms with E-state index < -0.39 is 9.05 Å². The number of piperidine rings is 1. The molecular weight excluding hydrogens is 302 g/mol. The summed E-state index contributed by atoms with van der Waals surface area (Å²) in [7, 11) is 1.39. The van der Waals surface area contributed by atoms with Crippen LogP contribution in [0.2, 0.25) is 0 Å². The van der Waals surface area contributed by atoms with Crippen molar-refractivity contribution < 1.29 is 13.2 Å². The lowest BCUT2D eigenvalue weighted by Gasteiger charge is -2.37. The molecule has 0 aliphatic carbocycles. The minimum Gasteiger partial charge on any atom is -0.337 e. The minimum atomic E-state index is -4.00. The molecule has 2 heterocycles. The van der Waals surface area contributed by atoms with Crippen LogP contribution in [0.4, 0.5) is 0 Å². The Hall–Kier alpha value is -1.08. The highest BCUT2D eigenvalue weighted by Gasteiger charge is 2.34. The number of hydrogen-bond donors (Lipinski definition) is 1. The quantitative estimate of drug-likeness (QED) is 0.844. The van der Waals surface area contributed by atoms with E-state index in [-0.39, 0.29) is 27.6 Å². The van der Waals surface area contributed by atoms with Gasteiger partial charge in [0.2, 0.25) is 0 Å². The molecule has 0 saturated carbocycles. The predicted molar refractivity (Wildman–Crippen MR) is 75.3 cm³/mol. The number of halogens is 1. The summed E-state index contributed by atoms with van der Waals surface area (Å²) in [6, 6.07) is 0. The van der Waals surface area contributed by atoms with E-state index in [0.29, 0.717) is 13.1 Å². The number of hydrogen-bond acceptors (Lipinski definition) is 4. The van der Waals surface area contributed by atoms with E-state index in [1.165, 1.54) is 6.92 Å². The summed E-state index contributed by atoms with van der Waals surface area (Å²) >= 11 is 0. The molecule has 0 unspecified atom stereocenters. The second-order valence-corrected chi connectivity index (χ2v) is 8.46. The SMILES string of the molecule is Cc1[nH]nc(C(=O)N2CCCC(C)(C)C2)c1S(=O)(=O)Cl. The number of carbonyl (C=O) groups excluding carboxylic acids is 1. The van der Waals surface area contributed by atoms with Gasteiger partial charge in [0.25, 0.3) is 15.0 Å². The third kappa shape index (κ3) is 2.98. The maximum absolute atomic E-state index is 12.5. The Balaban J connectivity index is 2.36. The van der Waals surface area contributed by atoms with Gasteiger partial charge in [0, 0.05) is 23.8 Å². The molecule has 6 nitrogen and oxygen atoms in total. The van der Waals surface area contributed by atoms with Crippen molar-refractivity contribution in [3.63, 3.8) is 0 Å². The van der Waals surface area contributed by atoms with Crippen molar-refractivity contribution in [1.82, 2.24) is 15.1 Å². The Morgan fingerprint density at radius 3 is 2.65 bits per heavy atom. The Morgan fingerprint density at radius 2 is 2.10 bits per heavy atom. The summed E-state index contributed by atoms with van der Waals surface area (Å²) in [5.74, 6) is -0.388. The number of carbonyl (C=O) groups is 1. The molecule has 8 heteroatoms. The second kappa shape index (κ2) is 5.04. The molecule has 0 aromatic carbocycles. The molecule has 0 spiro atoms. The average Bonchev–Trinajstić information content (AvgIpc) is 2.68. The molecule has 0 bridgehead atoms. The highest BCUT2D eigenvalue weighted by atomic mass is 35.7. The molecule has 1 aromatic heterocycles. The Labute approximate surface area is 122 Å². The first-order chi connectivity index (χ1) is 9.12. The van der Waals surface area contributed by atoms with Crippen LogP contribution in [0.3, 0.4) is 0 Å². The lowest BCUT2D eigenvalue weighted by molar-refractivity contribution is 0.0574. The van der Waals surface area contributed by atoms with Gasteiger partial charge < -0.3 is 4.90 Å². The van der Waals surface area contributed by atoms with E-state index in [0.717, 1.165) is 12.8 Å². The lowest BCUT2D eigenvalue weighted by Crippen LogP contribution is -2.44. The van der Waals surface area contributed by atoms with E-state index >= 15 is 0 Å². The van der Waals surface area contributed by atoms with Gasteiger partial charge in [-0.05, 0) is 25.2 Å². The number of likely N-dealkylation sites (tertiary alicyclic amines) is 1. The topological polar surface area (TPSA) is 83.1 Å². The Morgan fingerprint density at radius 1 is 1.45 bits per heavy atom. The summed E-state index contributed by atoms with van der Waals surface area (Å²) in [5.41, 5.74) is 0.189. The van der Waals surface area contributed by atoms with Crippen molar-refractivity contribution in [3.05, 3.63) is 11.4 Å². The van der Waals surface area contributed by atoms with Crippen LogP contribution in [0.25, 0.3) is 0 Å². The number of rotatable bonds is 2. The molecule has 1 amide bonds. The van der Waals surface area contributed by atoms with E-state index in [1.807, 2.05) is 0 Å². The monoisotopic (exact) mass is 319 g/mol. The van der Waals surface area contributed by atoms with Gasteiger partial charge in [-0.1, -0.05) is 13.8 Å². The van der Waals surface area contributed by atoms with E-state index in [2.05, 4.69) is 24.0 Å². The van der Waals surface area contributed by atoms with Crippen LogP contribution >= 0.6 is 10.7 Å². The largest absolute Gasteiger partial charge is 0.337 e. The summed E-state index contributed by atoms with van der Waals surface area (Å²) < 4.78 is 23.2. The molecular formula is C12H18ClN3O3S. The molecule has 0 radical (unpaired) electrons. The molecule has 20 heavy (non-hydrogen) atoms. The molecule has 1 fully saturated rings. The fourth-order valence-corrected chi connectivity index (χ4v) is 3.95. The third-order valence-electron chi connectivity index (χ3n) is 3.53. The minimum absolute atomic E-state index is 0.0270. The van der Waals surface area contributed by atoms with Gasteiger partial charge in [0.05, 0.1) is 5.69 Å². The number of nitrogens with zero attached hydrogens (tertiary/aromatic N) is 2. The molecule has 1 N–H and O–H groups in total. The third-order valence-corrected chi connectivity index (χ3v) is 4.98. The molecule has 1 saturated heterocycles. The van der Waals surface area contributed by atoms with Crippen molar-refractivity contribution >= 4 is 25.6 Å². The fraction of sp³-hybridized carbons (Fsp3) is 0.667. The van der Waals surface area contributed by atoms with E-state index in [4.69, 9.17) is 10.7 Å². The van der Waals surface area contributed by atoms with Crippen LogP contribution in [0.5, 0.6) is 0 Å². The first kappa shape index (κ1) is 15.3. The maximum atomic E-state index is 12.5. The Kier molecular flexibility index (Phi) is 3.85. The molecule has 1 aromatic rings. The van der Waals surface area contributed by atoms with Gasteiger partial charge in [-0.2, -0.15) is 5.10 Å². The van der Waals surface area contributed by atoms with Crippen molar-refractivity contribution in [2.24, 2.45) is 5.41 Å². The standard InChI is InChI=1S/C12H18ClN3O3S/c1-8-10(20(13,18)19)9(15-14-8)11(17)16-6-4-5-12(2,3)7-16/h4-7H2,1-3H3,(H,14,15). The summed E-state index contributed by atoms with van der Waals surface area (Å²) in [4.78, 5) is 13.9. The number of nitrogens with one attached hydrogen (secondary N) is 1. The number of aromatic amines is 1. The highest BCUT2D eigenvalue weighted by Crippen LogP contribution is 2.30. The van der Waals surface area contributed by atoms with Gasteiger partial charge in [-0.3, -0.25) is 9.89 Å². The van der Waals surface area contributed by atoms with Crippen LogP contribution in [0, 0.1) is 12.3 Å². The lowest BCUT2D eigenvalue weighted by atomic mass is 9.84. The van der Waals surface area contributed by atoms with Crippen molar-refractivity contribution in [2.45, 2.75) is 38.5 Å². The van der Waals surface area contributed by atoms with Gasteiger partial charge >= 0.3 is 0 Å². The molecule has 112 valence electrons. The fourth-order valence-electron chi connectivity index (χ4n) is 2.61. The zero-order chi connectivity index (χ0) is 15.1. The summed E-state index contributed by atoms with van der Waals surface area (Å²) in [6.45, 7) is 6.89. The van der Waals surface area contributed by atoms with Crippen LogP contribution < -0.4 is 0 Å². The van der Waals surface area contributed by atoms with Crippen molar-refractivity contribution in [1.29, 1.82) is 0 Å². The molecule has 1 aliphatic heterocycles. The first-order valence-corrected chi connectivity index (χ1v) is 8.72. The average molecular weight is 320 g/mol. The van der Waals surface area contributed by atoms with Gasteiger partial charge in [-0.25, -0.2) is 8.42 Å². The van der Waals surface area contributed by atoms with Gasteiger partial charge in [0.1, 0.15) is 4.90 Å². The first-order valence-electron chi connectivity index (χ1n) is 6.41. The smallest absolute Gasteiger partial charge is 0.275 e. The number of H-pyrrole nitrogens is 1. The normalized spacial score (nSPS) is 19.1. The number of aryl methyl sites for hydroxylation is 1. The number of amides is 1. The molecule has 2 rings (SSSR count). The second-order valence-electron chi connectivity index (χ2n) is 5.96. The van der Waals surface area contributed by atoms with Crippen molar-refractivity contribution in [3.8, 4) is 0 Å². The van der Waals surface area contributed by atoms with Crippen LogP contribution in [-0.4, -0.2) is 42.5 Å². The molecule has 1 aliphatic rings. The van der Waals surface area contributed by atoms with E-state index in [9.17, 15) is 13.2 Å². The molecule has 0 atom stereocenters. The van der Waals surface area contributed by atoms with Gasteiger partial charge in [-0.15, -0.1) is 0 Å². The van der Waals surface area contributed by atoms with Crippen molar-refractivity contribution in [2.75, 3.05) is 13.1 Å². The van der Waals surface area contributed by atoms with E-state index in [1.54, 1.807) is 4.90 Å².